The minimum Gasteiger partial charge on any atom is -0.264 e. The predicted octanol–water partition coefficient (Wildman–Crippen LogP) is 1.54. The Bertz CT molecular complexity index is 140. The first-order valence-corrected chi connectivity index (χ1v) is 3.49. The van der Waals surface area contributed by atoms with E-state index in [2.05, 4.69) is 0 Å². The molecule has 0 aliphatic heterocycles. The monoisotopic (exact) mass is 147 g/mol. The SMILES string of the molecule is O=[N+]([O-])C1CCCCC1F. The van der Waals surface area contributed by atoms with Gasteiger partial charge in [0.2, 0.25) is 6.04 Å². The highest BCUT2D eigenvalue weighted by Crippen LogP contribution is 2.22. The van der Waals surface area contributed by atoms with Gasteiger partial charge >= 0.3 is 0 Å². The summed E-state index contributed by atoms with van der Waals surface area (Å²) in [5.74, 6) is 0. The fourth-order valence-electron chi connectivity index (χ4n) is 1.30. The van der Waals surface area contributed by atoms with E-state index in [0.717, 1.165) is 12.8 Å². The Kier molecular flexibility index (Phi) is 2.19. The average molecular weight is 147 g/mol. The van der Waals surface area contributed by atoms with E-state index in [1.54, 1.807) is 0 Å². The van der Waals surface area contributed by atoms with E-state index in [4.69, 9.17) is 0 Å². The molecule has 2 unspecified atom stereocenters. The topological polar surface area (TPSA) is 43.1 Å². The van der Waals surface area contributed by atoms with Crippen molar-refractivity contribution >= 4 is 0 Å². The van der Waals surface area contributed by atoms with Gasteiger partial charge in [0.1, 0.15) is 0 Å². The molecule has 0 aromatic rings. The Morgan fingerprint density at radius 1 is 1.40 bits per heavy atom. The normalized spacial score (nSPS) is 33.7. The lowest BCUT2D eigenvalue weighted by atomic mass is 9.94. The van der Waals surface area contributed by atoms with Crippen LogP contribution in [0.5, 0.6) is 0 Å². The molecule has 10 heavy (non-hydrogen) atoms. The lowest BCUT2D eigenvalue weighted by Crippen LogP contribution is -2.33. The second-order valence-corrected chi connectivity index (χ2v) is 2.65. The van der Waals surface area contributed by atoms with Gasteiger partial charge in [-0.1, -0.05) is 6.42 Å². The first-order valence-electron chi connectivity index (χ1n) is 3.49. The first kappa shape index (κ1) is 7.44. The molecule has 2 atom stereocenters. The molecule has 0 amide bonds. The molecule has 0 N–H and O–H groups in total. The van der Waals surface area contributed by atoms with Gasteiger partial charge in [0.05, 0.1) is 0 Å². The van der Waals surface area contributed by atoms with Crippen LogP contribution in [-0.2, 0) is 0 Å². The highest BCUT2D eigenvalue weighted by molar-refractivity contribution is 4.73. The molecule has 0 aromatic carbocycles. The van der Waals surface area contributed by atoms with E-state index < -0.39 is 17.1 Å². The Morgan fingerprint density at radius 3 is 2.40 bits per heavy atom. The maximum absolute atomic E-state index is 12.7. The van der Waals surface area contributed by atoms with Crippen molar-refractivity contribution in [3.8, 4) is 0 Å². The minimum absolute atomic E-state index is 0.367. The van der Waals surface area contributed by atoms with Crippen LogP contribution in [0.4, 0.5) is 4.39 Å². The first-order chi connectivity index (χ1) is 4.72. The summed E-state index contributed by atoms with van der Waals surface area (Å²) in [5, 5.41) is 10.1. The summed E-state index contributed by atoms with van der Waals surface area (Å²) >= 11 is 0. The van der Waals surface area contributed by atoms with Gasteiger partial charge in [-0.3, -0.25) is 10.1 Å². The van der Waals surface area contributed by atoms with Gasteiger partial charge in [-0.2, -0.15) is 0 Å². The number of nitrogens with zero attached hydrogens (tertiary/aromatic N) is 1. The van der Waals surface area contributed by atoms with Gasteiger partial charge < -0.3 is 0 Å². The highest BCUT2D eigenvalue weighted by Gasteiger charge is 2.33. The molecule has 0 heterocycles. The molecule has 3 nitrogen and oxygen atoms in total. The molecular formula is C6H10FNO2. The third-order valence-electron chi connectivity index (χ3n) is 1.92. The molecule has 0 spiro atoms. The fourth-order valence-corrected chi connectivity index (χ4v) is 1.30. The van der Waals surface area contributed by atoms with Crippen molar-refractivity contribution in [3.63, 3.8) is 0 Å². The molecule has 0 aromatic heterocycles. The van der Waals surface area contributed by atoms with Gasteiger partial charge in [-0.15, -0.1) is 0 Å². The van der Waals surface area contributed by atoms with Crippen molar-refractivity contribution in [1.82, 2.24) is 0 Å². The van der Waals surface area contributed by atoms with Crippen LogP contribution in [0.3, 0.4) is 0 Å². The Labute approximate surface area is 58.4 Å². The third kappa shape index (κ3) is 1.43. The molecule has 58 valence electrons. The van der Waals surface area contributed by atoms with Gasteiger partial charge in [0.15, 0.2) is 6.17 Å². The van der Waals surface area contributed by atoms with Crippen molar-refractivity contribution in [2.75, 3.05) is 0 Å². The molecule has 1 aliphatic rings. The van der Waals surface area contributed by atoms with Gasteiger partial charge in [0, 0.05) is 11.3 Å². The molecule has 1 aliphatic carbocycles. The zero-order chi connectivity index (χ0) is 7.56. The Morgan fingerprint density at radius 2 is 2.00 bits per heavy atom. The maximum Gasteiger partial charge on any atom is 0.243 e. The molecule has 0 radical (unpaired) electrons. The van der Waals surface area contributed by atoms with Gasteiger partial charge in [-0.05, 0) is 12.8 Å². The van der Waals surface area contributed by atoms with Crippen LogP contribution in [0, 0.1) is 10.1 Å². The summed E-state index contributed by atoms with van der Waals surface area (Å²) in [7, 11) is 0. The molecular weight excluding hydrogens is 137 g/mol. The highest BCUT2D eigenvalue weighted by atomic mass is 19.1. The summed E-state index contributed by atoms with van der Waals surface area (Å²) < 4.78 is 12.7. The minimum atomic E-state index is -1.20. The Hall–Kier alpha value is -0.670. The van der Waals surface area contributed by atoms with Crippen LogP contribution in [0.1, 0.15) is 25.7 Å². The quantitative estimate of drug-likeness (QED) is 0.417. The van der Waals surface area contributed by atoms with Crippen molar-refractivity contribution in [1.29, 1.82) is 0 Å². The fraction of sp³-hybridized carbons (Fsp3) is 1.00. The number of halogens is 1. The average Bonchev–Trinajstić information content (AvgIpc) is 1.88. The summed E-state index contributed by atoms with van der Waals surface area (Å²) in [5.41, 5.74) is 0. The van der Waals surface area contributed by atoms with E-state index >= 15 is 0 Å². The van der Waals surface area contributed by atoms with Crippen LogP contribution in [0.15, 0.2) is 0 Å². The number of hydrogen-bond donors (Lipinski definition) is 0. The standard InChI is InChI=1S/C6H10FNO2/c7-5-3-1-2-4-6(5)8(9)10/h5-6H,1-4H2. The zero-order valence-corrected chi connectivity index (χ0v) is 5.62. The van der Waals surface area contributed by atoms with E-state index in [1.165, 1.54) is 0 Å². The lowest BCUT2D eigenvalue weighted by molar-refractivity contribution is -0.534. The maximum atomic E-state index is 12.7. The molecule has 1 rings (SSSR count). The van der Waals surface area contributed by atoms with E-state index in [9.17, 15) is 14.5 Å². The van der Waals surface area contributed by atoms with Crippen molar-refractivity contribution in [2.24, 2.45) is 0 Å². The van der Waals surface area contributed by atoms with E-state index in [0.29, 0.717) is 12.8 Å². The van der Waals surface area contributed by atoms with E-state index in [1.807, 2.05) is 0 Å². The zero-order valence-electron chi connectivity index (χ0n) is 5.62. The molecule has 0 bridgehead atoms. The smallest absolute Gasteiger partial charge is 0.243 e. The van der Waals surface area contributed by atoms with Crippen LogP contribution in [0.25, 0.3) is 0 Å². The summed E-state index contributed by atoms with van der Waals surface area (Å²) in [4.78, 5) is 9.63. The van der Waals surface area contributed by atoms with Crippen LogP contribution >= 0.6 is 0 Å². The molecule has 0 saturated heterocycles. The second-order valence-electron chi connectivity index (χ2n) is 2.65. The summed E-state index contributed by atoms with van der Waals surface area (Å²) in [6.45, 7) is 0. The van der Waals surface area contributed by atoms with Crippen molar-refractivity contribution in [3.05, 3.63) is 10.1 Å². The Balaban J connectivity index is 2.47. The van der Waals surface area contributed by atoms with Gasteiger partial charge in [-0.25, -0.2) is 4.39 Å². The van der Waals surface area contributed by atoms with Gasteiger partial charge in [0.25, 0.3) is 0 Å². The number of nitro groups is 1. The van der Waals surface area contributed by atoms with E-state index in [-0.39, 0.29) is 0 Å². The van der Waals surface area contributed by atoms with Crippen LogP contribution < -0.4 is 0 Å². The van der Waals surface area contributed by atoms with Crippen LogP contribution in [-0.4, -0.2) is 17.1 Å². The largest absolute Gasteiger partial charge is 0.264 e. The molecule has 1 saturated carbocycles. The van der Waals surface area contributed by atoms with Crippen molar-refractivity contribution < 1.29 is 9.31 Å². The van der Waals surface area contributed by atoms with Crippen molar-refractivity contribution in [2.45, 2.75) is 37.9 Å². The number of rotatable bonds is 1. The number of alkyl halides is 1. The third-order valence-corrected chi connectivity index (χ3v) is 1.92. The summed E-state index contributed by atoms with van der Waals surface area (Å²) in [6, 6.07) is -0.922. The van der Waals surface area contributed by atoms with Crippen LogP contribution in [0.2, 0.25) is 0 Å². The molecule has 1 fully saturated rings. The summed E-state index contributed by atoms with van der Waals surface area (Å²) in [6.07, 6.45) is 1.17. The second kappa shape index (κ2) is 2.94. The lowest BCUT2D eigenvalue weighted by Gasteiger charge is -2.18. The molecule has 4 heteroatoms. The number of hydrogen-bond acceptors (Lipinski definition) is 2. The predicted molar refractivity (Wildman–Crippen MR) is 34.1 cm³/mol.